The highest BCUT2D eigenvalue weighted by atomic mass is 16.5. The van der Waals surface area contributed by atoms with Crippen molar-refractivity contribution in [1.29, 1.82) is 0 Å². The van der Waals surface area contributed by atoms with Gasteiger partial charge in [0, 0.05) is 13.2 Å². The summed E-state index contributed by atoms with van der Waals surface area (Å²) >= 11 is 0. The number of hydrogen-bond donors (Lipinski definition) is 3. The number of aliphatic hydroxyl groups excluding tert-OH is 1. The molecule has 0 aliphatic heterocycles. The van der Waals surface area contributed by atoms with Crippen LogP contribution >= 0.6 is 0 Å². The summed E-state index contributed by atoms with van der Waals surface area (Å²) in [6, 6.07) is -0.648. The minimum Gasteiger partial charge on any atom is -0.480 e. The van der Waals surface area contributed by atoms with Gasteiger partial charge in [0.2, 0.25) is 0 Å². The van der Waals surface area contributed by atoms with Gasteiger partial charge in [-0.25, -0.2) is 0 Å². The Morgan fingerprint density at radius 1 is 0.852 bits per heavy atom. The topological polar surface area (TPSA) is 78.8 Å². The Hall–Kier alpha value is -0.650. The number of aliphatic hydroxyl groups is 1. The van der Waals surface area contributed by atoms with Gasteiger partial charge in [0.05, 0.1) is 12.7 Å². The van der Waals surface area contributed by atoms with E-state index in [2.05, 4.69) is 12.2 Å². The molecular weight excluding hydrogens is 342 g/mol. The monoisotopic (exact) mass is 387 g/mol. The van der Waals surface area contributed by atoms with Gasteiger partial charge in [-0.2, -0.15) is 0 Å². The van der Waals surface area contributed by atoms with E-state index in [0.717, 1.165) is 6.42 Å². The number of ether oxygens (including phenoxy) is 1. The predicted octanol–water partition coefficient (Wildman–Crippen LogP) is 4.91. The van der Waals surface area contributed by atoms with Crippen LogP contribution in [0.5, 0.6) is 0 Å². The largest absolute Gasteiger partial charge is 0.480 e. The van der Waals surface area contributed by atoms with Crippen molar-refractivity contribution in [3.8, 4) is 0 Å². The van der Waals surface area contributed by atoms with Gasteiger partial charge in [0.25, 0.3) is 0 Å². The fourth-order valence-corrected chi connectivity index (χ4v) is 3.08. The predicted molar refractivity (Wildman–Crippen MR) is 112 cm³/mol. The van der Waals surface area contributed by atoms with Gasteiger partial charge in [-0.05, 0) is 13.3 Å². The molecule has 0 rings (SSSR count). The molecule has 0 fully saturated rings. The molecule has 3 N–H and O–H groups in total. The Morgan fingerprint density at radius 2 is 1.30 bits per heavy atom. The zero-order chi connectivity index (χ0) is 20.2. The molecule has 0 saturated carbocycles. The summed E-state index contributed by atoms with van der Waals surface area (Å²) in [6.07, 6.45) is 18.1. The zero-order valence-corrected chi connectivity index (χ0v) is 17.9. The number of unbranched alkanes of at least 4 members (excludes halogenated alkanes) is 13. The van der Waals surface area contributed by atoms with Gasteiger partial charge in [-0.15, -0.1) is 0 Å². The van der Waals surface area contributed by atoms with E-state index in [1.807, 2.05) is 0 Å². The average molecular weight is 388 g/mol. The molecule has 0 aromatic carbocycles. The number of rotatable bonds is 21. The Morgan fingerprint density at radius 3 is 1.74 bits per heavy atom. The molecule has 5 heteroatoms. The second kappa shape index (κ2) is 20.1. The quantitative estimate of drug-likeness (QED) is 0.244. The van der Waals surface area contributed by atoms with Crippen molar-refractivity contribution >= 4 is 5.97 Å². The zero-order valence-electron chi connectivity index (χ0n) is 17.9. The normalized spacial score (nSPS) is 13.6. The first-order valence-electron chi connectivity index (χ1n) is 11.3. The lowest BCUT2D eigenvalue weighted by Crippen LogP contribution is -2.40. The summed E-state index contributed by atoms with van der Waals surface area (Å²) in [5.41, 5.74) is 0. The molecule has 27 heavy (non-hydrogen) atoms. The van der Waals surface area contributed by atoms with Crippen LogP contribution < -0.4 is 5.32 Å². The minimum absolute atomic E-state index is 0.242. The van der Waals surface area contributed by atoms with Gasteiger partial charge >= 0.3 is 5.97 Å². The van der Waals surface area contributed by atoms with Crippen molar-refractivity contribution in [2.75, 3.05) is 19.8 Å². The van der Waals surface area contributed by atoms with Crippen LogP contribution in [0.15, 0.2) is 0 Å². The Bertz CT molecular complexity index is 325. The van der Waals surface area contributed by atoms with Gasteiger partial charge in [-0.1, -0.05) is 90.4 Å². The fourth-order valence-electron chi connectivity index (χ4n) is 3.08. The van der Waals surface area contributed by atoms with Crippen LogP contribution in [0.25, 0.3) is 0 Å². The van der Waals surface area contributed by atoms with E-state index in [1.165, 1.54) is 83.5 Å². The maximum atomic E-state index is 10.7. The summed E-state index contributed by atoms with van der Waals surface area (Å²) in [4.78, 5) is 10.7. The van der Waals surface area contributed by atoms with E-state index < -0.39 is 18.1 Å². The van der Waals surface area contributed by atoms with Gasteiger partial charge in [0.15, 0.2) is 0 Å². The van der Waals surface area contributed by atoms with Crippen molar-refractivity contribution in [2.45, 2.75) is 116 Å². The third-order valence-electron chi connectivity index (χ3n) is 4.98. The maximum absolute atomic E-state index is 10.7. The lowest BCUT2D eigenvalue weighted by molar-refractivity contribution is -0.139. The second-order valence-electron chi connectivity index (χ2n) is 7.79. The minimum atomic E-state index is -0.912. The molecular formula is C22H45NO4. The summed E-state index contributed by atoms with van der Waals surface area (Å²) in [5.74, 6) is -0.912. The number of carboxylic acids is 1. The Labute approximate surface area is 167 Å². The van der Waals surface area contributed by atoms with E-state index >= 15 is 0 Å². The highest BCUT2D eigenvalue weighted by molar-refractivity contribution is 5.72. The van der Waals surface area contributed by atoms with Crippen LogP contribution in [0, 0.1) is 0 Å². The SMILES string of the molecule is CCCCCCCCCCCCCCCCOCC(O)CN[C@@H](C)C(=O)O. The van der Waals surface area contributed by atoms with E-state index in [4.69, 9.17) is 9.84 Å². The molecule has 162 valence electrons. The van der Waals surface area contributed by atoms with E-state index in [-0.39, 0.29) is 13.2 Å². The van der Waals surface area contributed by atoms with Crippen LogP contribution in [0.1, 0.15) is 104 Å². The van der Waals surface area contributed by atoms with Crippen molar-refractivity contribution in [2.24, 2.45) is 0 Å². The van der Waals surface area contributed by atoms with E-state index in [0.29, 0.717) is 6.61 Å². The molecule has 0 aliphatic rings. The summed E-state index contributed by atoms with van der Waals surface area (Å²) < 4.78 is 5.46. The molecule has 0 amide bonds. The lowest BCUT2D eigenvalue weighted by Gasteiger charge is -2.14. The number of carbonyl (C=O) groups is 1. The summed E-state index contributed by atoms with van der Waals surface area (Å²) in [7, 11) is 0. The molecule has 1 unspecified atom stereocenters. The highest BCUT2D eigenvalue weighted by Crippen LogP contribution is 2.12. The molecule has 0 aromatic heterocycles. The van der Waals surface area contributed by atoms with Crippen LogP contribution in [-0.2, 0) is 9.53 Å². The number of aliphatic carboxylic acids is 1. The Kier molecular flexibility index (Phi) is 19.6. The second-order valence-corrected chi connectivity index (χ2v) is 7.79. The van der Waals surface area contributed by atoms with E-state index in [9.17, 15) is 9.90 Å². The first kappa shape index (κ1) is 26.4. The molecule has 0 radical (unpaired) electrons. The average Bonchev–Trinajstić information content (AvgIpc) is 2.65. The molecule has 0 heterocycles. The maximum Gasteiger partial charge on any atom is 0.320 e. The van der Waals surface area contributed by atoms with Gasteiger partial charge in [-0.3, -0.25) is 4.79 Å². The Balaban J connectivity index is 3.17. The van der Waals surface area contributed by atoms with Crippen molar-refractivity contribution in [3.63, 3.8) is 0 Å². The van der Waals surface area contributed by atoms with Crippen molar-refractivity contribution < 1.29 is 19.7 Å². The van der Waals surface area contributed by atoms with E-state index in [1.54, 1.807) is 6.92 Å². The van der Waals surface area contributed by atoms with Crippen molar-refractivity contribution in [3.05, 3.63) is 0 Å². The van der Waals surface area contributed by atoms with Crippen LogP contribution in [0.3, 0.4) is 0 Å². The smallest absolute Gasteiger partial charge is 0.320 e. The molecule has 0 bridgehead atoms. The summed E-state index contributed by atoms with van der Waals surface area (Å²) in [6.45, 7) is 5.00. The number of carboxylic acid groups (broad SMARTS) is 1. The lowest BCUT2D eigenvalue weighted by atomic mass is 10.0. The first-order chi connectivity index (χ1) is 13.1. The third kappa shape index (κ3) is 19.9. The molecule has 0 aliphatic carbocycles. The molecule has 0 aromatic rings. The fraction of sp³-hybridized carbons (Fsp3) is 0.955. The molecule has 0 spiro atoms. The van der Waals surface area contributed by atoms with Gasteiger partial charge < -0.3 is 20.3 Å². The molecule has 5 nitrogen and oxygen atoms in total. The van der Waals surface area contributed by atoms with Crippen LogP contribution in [-0.4, -0.2) is 48.1 Å². The molecule has 2 atom stereocenters. The first-order valence-corrected chi connectivity index (χ1v) is 11.3. The highest BCUT2D eigenvalue weighted by Gasteiger charge is 2.12. The number of nitrogens with one attached hydrogen (secondary N) is 1. The van der Waals surface area contributed by atoms with Crippen LogP contribution in [0.4, 0.5) is 0 Å². The third-order valence-corrected chi connectivity index (χ3v) is 4.98. The van der Waals surface area contributed by atoms with Crippen LogP contribution in [0.2, 0.25) is 0 Å². The standard InChI is InChI=1S/C22H45NO4/c1-3-4-5-6-7-8-9-10-11-12-13-14-15-16-17-27-19-21(24)18-23-20(2)22(25)26/h20-21,23-24H,3-19H2,1-2H3,(H,25,26)/t20-,21?/m0/s1. The summed E-state index contributed by atoms with van der Waals surface area (Å²) in [5, 5.41) is 21.2. The number of hydrogen-bond acceptors (Lipinski definition) is 4. The van der Waals surface area contributed by atoms with Crippen molar-refractivity contribution in [1.82, 2.24) is 5.32 Å². The van der Waals surface area contributed by atoms with Gasteiger partial charge in [0.1, 0.15) is 6.04 Å². The molecule has 0 saturated heterocycles.